The number of hydrogen-bond acceptors (Lipinski definition) is 4. The summed E-state index contributed by atoms with van der Waals surface area (Å²) in [5, 5.41) is -0.0887. The Labute approximate surface area is 145 Å². The summed E-state index contributed by atoms with van der Waals surface area (Å²) in [4.78, 5) is 30.9. The first-order valence-corrected chi connectivity index (χ1v) is 8.26. The van der Waals surface area contributed by atoms with Crippen LogP contribution in [0, 0.1) is 0 Å². The lowest BCUT2D eigenvalue weighted by Gasteiger charge is -2.24. The van der Waals surface area contributed by atoms with Gasteiger partial charge in [0.15, 0.2) is 5.78 Å². The molecule has 0 atom stereocenters. The van der Waals surface area contributed by atoms with Gasteiger partial charge in [-0.05, 0) is 32.0 Å². The Bertz CT molecular complexity index is 854. The van der Waals surface area contributed by atoms with E-state index in [0.717, 1.165) is 30.4 Å². The molecule has 0 N–H and O–H groups in total. The predicted octanol–water partition coefficient (Wildman–Crippen LogP) is 4.10. The van der Waals surface area contributed by atoms with Gasteiger partial charge < -0.3 is 4.90 Å². The lowest BCUT2D eigenvalue weighted by atomic mass is 9.98. The summed E-state index contributed by atoms with van der Waals surface area (Å²) in [5.41, 5.74) is 3.05. The summed E-state index contributed by atoms with van der Waals surface area (Å²) in [6.07, 6.45) is 1.15. The highest BCUT2D eigenvalue weighted by molar-refractivity contribution is 6.48. The van der Waals surface area contributed by atoms with Crippen molar-refractivity contribution in [3.05, 3.63) is 58.8 Å². The van der Waals surface area contributed by atoms with Crippen LogP contribution in [0.3, 0.4) is 0 Å². The fourth-order valence-corrected chi connectivity index (χ4v) is 3.07. The maximum Gasteiger partial charge on any atom is 0.223 e. The van der Waals surface area contributed by atoms with Crippen LogP contribution in [0.5, 0.6) is 0 Å². The van der Waals surface area contributed by atoms with Crippen LogP contribution in [0.4, 0.5) is 5.69 Å². The second kappa shape index (κ2) is 6.57. The normalized spacial score (nSPS) is 13.5. The van der Waals surface area contributed by atoms with Crippen molar-refractivity contribution >= 4 is 28.9 Å². The number of pyridine rings is 1. The Hall–Kier alpha value is -2.46. The Morgan fingerprint density at radius 3 is 2.42 bits per heavy atom. The lowest BCUT2D eigenvalue weighted by Crippen LogP contribution is -2.22. The largest absolute Gasteiger partial charge is 0.372 e. The number of hydrogen-bond donors (Lipinski definition) is 0. The van der Waals surface area contributed by atoms with Crippen molar-refractivity contribution in [2.24, 2.45) is 0 Å². The minimum Gasteiger partial charge on any atom is -0.372 e. The molecule has 1 aromatic carbocycles. The molecule has 1 aliphatic carbocycles. The molecule has 2 aromatic rings. The zero-order chi connectivity index (χ0) is 17.3. The van der Waals surface area contributed by atoms with Gasteiger partial charge in [0, 0.05) is 30.4 Å². The molecule has 0 aliphatic heterocycles. The number of Topliss-reactive ketones (excluding diaryl/α,β-unsaturated/α-hetero) is 1. The molecule has 5 heteroatoms. The minimum atomic E-state index is -0.409. The standard InChI is InChI=1S/C19H17ClN2O2/c1-3-22(4-2)16-8-6-5-7-12(16)15-10-9-13-17(23)11-14(20)19(24)18(13)21-15/h5-11H,3-4H2,1-2H3. The smallest absolute Gasteiger partial charge is 0.223 e. The number of halogens is 1. The van der Waals surface area contributed by atoms with Gasteiger partial charge in [-0.1, -0.05) is 29.8 Å². The summed E-state index contributed by atoms with van der Waals surface area (Å²) in [6.45, 7) is 5.91. The Morgan fingerprint density at radius 1 is 1.00 bits per heavy atom. The molecule has 4 nitrogen and oxygen atoms in total. The molecule has 1 aliphatic rings. The number of aromatic nitrogens is 1. The van der Waals surface area contributed by atoms with E-state index in [1.54, 1.807) is 12.1 Å². The number of carbonyl (C=O) groups excluding carboxylic acids is 2. The van der Waals surface area contributed by atoms with Crippen LogP contribution in [0.1, 0.15) is 34.7 Å². The van der Waals surface area contributed by atoms with Crippen LogP contribution in [0.15, 0.2) is 47.5 Å². The lowest BCUT2D eigenvalue weighted by molar-refractivity contribution is 0.0987. The fourth-order valence-electron chi connectivity index (χ4n) is 2.88. The average Bonchev–Trinajstić information content (AvgIpc) is 2.61. The number of anilines is 1. The summed E-state index contributed by atoms with van der Waals surface area (Å²) in [6, 6.07) is 11.3. The van der Waals surface area contributed by atoms with Crippen molar-refractivity contribution in [1.82, 2.24) is 4.98 Å². The van der Waals surface area contributed by atoms with E-state index in [1.807, 2.05) is 24.3 Å². The number of para-hydroxylation sites is 1. The number of nitrogens with zero attached hydrogens (tertiary/aromatic N) is 2. The van der Waals surface area contributed by atoms with E-state index in [2.05, 4.69) is 23.7 Å². The third-order valence-corrected chi connectivity index (χ3v) is 4.42. The van der Waals surface area contributed by atoms with Gasteiger partial charge in [0.25, 0.3) is 0 Å². The number of carbonyl (C=O) groups is 2. The molecule has 0 amide bonds. The first kappa shape index (κ1) is 16.4. The highest BCUT2D eigenvalue weighted by Gasteiger charge is 2.26. The summed E-state index contributed by atoms with van der Waals surface area (Å²) in [5.74, 6) is -0.695. The van der Waals surface area contributed by atoms with Gasteiger partial charge in [0.05, 0.1) is 16.3 Å². The molecule has 0 bridgehead atoms. The summed E-state index contributed by atoms with van der Waals surface area (Å²) in [7, 11) is 0. The maximum atomic E-state index is 12.3. The van der Waals surface area contributed by atoms with Crippen molar-refractivity contribution in [2.45, 2.75) is 13.8 Å². The van der Waals surface area contributed by atoms with Gasteiger partial charge in [-0.3, -0.25) is 9.59 Å². The predicted molar refractivity (Wildman–Crippen MR) is 95.8 cm³/mol. The van der Waals surface area contributed by atoms with Gasteiger partial charge in [-0.15, -0.1) is 0 Å². The van der Waals surface area contributed by atoms with E-state index in [1.165, 1.54) is 0 Å². The van der Waals surface area contributed by atoms with E-state index in [4.69, 9.17) is 11.6 Å². The molecule has 0 fully saturated rings. The topological polar surface area (TPSA) is 50.3 Å². The molecule has 24 heavy (non-hydrogen) atoms. The average molecular weight is 341 g/mol. The third-order valence-electron chi connectivity index (χ3n) is 4.13. The third kappa shape index (κ3) is 2.74. The first-order chi connectivity index (χ1) is 11.6. The van der Waals surface area contributed by atoms with Crippen molar-refractivity contribution in [3.8, 4) is 11.3 Å². The second-order valence-corrected chi connectivity index (χ2v) is 5.87. The molecule has 0 saturated heterocycles. The van der Waals surface area contributed by atoms with Crippen molar-refractivity contribution in [3.63, 3.8) is 0 Å². The monoisotopic (exact) mass is 340 g/mol. The first-order valence-electron chi connectivity index (χ1n) is 7.88. The SMILES string of the molecule is CCN(CC)c1ccccc1-c1ccc2c(n1)C(=O)C(Cl)=CC2=O. The van der Waals surface area contributed by atoms with Crippen LogP contribution in [0.25, 0.3) is 11.3 Å². The Kier molecular flexibility index (Phi) is 4.49. The van der Waals surface area contributed by atoms with E-state index >= 15 is 0 Å². The second-order valence-electron chi connectivity index (χ2n) is 5.47. The number of ketones is 2. The summed E-state index contributed by atoms with van der Waals surface area (Å²) < 4.78 is 0. The Morgan fingerprint density at radius 2 is 1.71 bits per heavy atom. The number of rotatable bonds is 4. The molecule has 1 heterocycles. The van der Waals surface area contributed by atoms with Crippen molar-refractivity contribution in [1.29, 1.82) is 0 Å². The van der Waals surface area contributed by atoms with Crippen LogP contribution in [0.2, 0.25) is 0 Å². The fraction of sp³-hybridized carbons (Fsp3) is 0.211. The number of allylic oxidation sites excluding steroid dienone is 2. The number of benzene rings is 1. The molecule has 0 spiro atoms. The van der Waals surface area contributed by atoms with Gasteiger partial charge in [0.1, 0.15) is 5.69 Å². The van der Waals surface area contributed by atoms with Crippen LogP contribution in [-0.4, -0.2) is 29.6 Å². The quantitative estimate of drug-likeness (QED) is 0.841. The molecule has 0 unspecified atom stereocenters. The molecule has 1 aromatic heterocycles. The molecule has 3 rings (SSSR count). The van der Waals surface area contributed by atoms with E-state index < -0.39 is 5.78 Å². The molecular formula is C19H17ClN2O2. The van der Waals surface area contributed by atoms with Crippen molar-refractivity contribution in [2.75, 3.05) is 18.0 Å². The molecule has 0 radical (unpaired) electrons. The summed E-state index contributed by atoms with van der Waals surface area (Å²) >= 11 is 5.86. The molecule has 122 valence electrons. The van der Waals surface area contributed by atoms with Gasteiger partial charge in [-0.2, -0.15) is 0 Å². The van der Waals surface area contributed by atoms with E-state index in [-0.39, 0.29) is 16.5 Å². The van der Waals surface area contributed by atoms with E-state index in [9.17, 15) is 9.59 Å². The van der Waals surface area contributed by atoms with Gasteiger partial charge in [0.2, 0.25) is 5.78 Å². The minimum absolute atomic E-state index is 0.0887. The molecular weight excluding hydrogens is 324 g/mol. The zero-order valence-electron chi connectivity index (χ0n) is 13.5. The van der Waals surface area contributed by atoms with Crippen molar-refractivity contribution < 1.29 is 9.59 Å². The highest BCUT2D eigenvalue weighted by Crippen LogP contribution is 2.31. The zero-order valence-corrected chi connectivity index (χ0v) is 14.3. The number of fused-ring (bicyclic) bond motifs is 1. The van der Waals surface area contributed by atoms with E-state index in [0.29, 0.717) is 11.3 Å². The van der Waals surface area contributed by atoms with Crippen LogP contribution >= 0.6 is 11.6 Å². The van der Waals surface area contributed by atoms with Gasteiger partial charge >= 0.3 is 0 Å². The molecule has 0 saturated carbocycles. The van der Waals surface area contributed by atoms with Crippen LogP contribution in [-0.2, 0) is 0 Å². The highest BCUT2D eigenvalue weighted by atomic mass is 35.5. The Balaban J connectivity index is 2.14. The maximum absolute atomic E-state index is 12.3. The van der Waals surface area contributed by atoms with Crippen LogP contribution < -0.4 is 4.90 Å². The van der Waals surface area contributed by atoms with Gasteiger partial charge in [-0.25, -0.2) is 4.98 Å².